The van der Waals surface area contributed by atoms with Crippen molar-refractivity contribution in [3.63, 3.8) is 0 Å². The van der Waals surface area contributed by atoms with Crippen LogP contribution in [0.25, 0.3) is 0 Å². The van der Waals surface area contributed by atoms with E-state index in [0.717, 1.165) is 12.4 Å². The Balaban J connectivity index is 2.24. The summed E-state index contributed by atoms with van der Waals surface area (Å²) in [5.74, 6) is 0.578. The molecular formula is C10H12N6O4S. The van der Waals surface area contributed by atoms with Gasteiger partial charge < -0.3 is 20.2 Å². The van der Waals surface area contributed by atoms with Crippen LogP contribution in [0, 0.1) is 20.2 Å². The van der Waals surface area contributed by atoms with Gasteiger partial charge in [0.05, 0.1) is 19.3 Å². The van der Waals surface area contributed by atoms with E-state index in [2.05, 4.69) is 22.6 Å². The molecule has 0 bridgehead atoms. The molecule has 0 aromatic carbocycles. The van der Waals surface area contributed by atoms with Crippen LogP contribution in [0.4, 0.5) is 11.6 Å². The number of nitro groups is 2. The fraction of sp³-hybridized carbons (Fsp3) is 0.400. The van der Waals surface area contributed by atoms with Gasteiger partial charge in [0, 0.05) is 6.42 Å². The van der Waals surface area contributed by atoms with Crippen LogP contribution in [-0.2, 0) is 20.5 Å². The number of hydrogen-bond donors (Lipinski definition) is 1. The summed E-state index contributed by atoms with van der Waals surface area (Å²) in [6, 6.07) is 0. The molecule has 2 aromatic heterocycles. The molecule has 0 N–H and O–H groups in total. The molecule has 0 saturated heterocycles. The minimum atomic E-state index is -0.539. The van der Waals surface area contributed by atoms with Crippen LogP contribution in [0.5, 0.6) is 0 Å². The van der Waals surface area contributed by atoms with Gasteiger partial charge in [0.2, 0.25) is 5.82 Å². The maximum absolute atomic E-state index is 10.8. The highest BCUT2D eigenvalue weighted by atomic mass is 32.1. The number of hydrogen-bond acceptors (Lipinski definition) is 7. The molecular weight excluding hydrogens is 300 g/mol. The van der Waals surface area contributed by atoms with E-state index < -0.39 is 15.1 Å². The fourth-order valence-electron chi connectivity index (χ4n) is 1.95. The number of thiol groups is 1. The van der Waals surface area contributed by atoms with Crippen molar-refractivity contribution in [2.45, 2.75) is 11.7 Å². The second kappa shape index (κ2) is 5.52. The van der Waals surface area contributed by atoms with Crippen molar-refractivity contribution < 1.29 is 9.85 Å². The van der Waals surface area contributed by atoms with Gasteiger partial charge in [-0.25, -0.2) is 19.1 Å². The van der Waals surface area contributed by atoms with Crippen LogP contribution in [0.1, 0.15) is 16.9 Å². The van der Waals surface area contributed by atoms with E-state index in [1.165, 1.54) is 23.2 Å². The van der Waals surface area contributed by atoms with Crippen molar-refractivity contribution in [1.82, 2.24) is 19.1 Å². The van der Waals surface area contributed by atoms with Crippen molar-refractivity contribution in [2.24, 2.45) is 14.1 Å². The van der Waals surface area contributed by atoms with Crippen LogP contribution < -0.4 is 0 Å². The standard InChI is InChI=1S/C10H12N6O4S/c1-13-7(11-4-8(13)15(17)18)3-6(21)10-12-5-9(14(10)2)16(19)20/h4-6,21H,3H2,1-2H3. The Morgan fingerprint density at radius 1 is 1.14 bits per heavy atom. The normalized spacial score (nSPS) is 12.3. The molecule has 10 nitrogen and oxygen atoms in total. The Labute approximate surface area is 124 Å². The number of nitrogens with zero attached hydrogens (tertiary/aromatic N) is 6. The first kappa shape index (κ1) is 15.0. The Morgan fingerprint density at radius 2 is 1.67 bits per heavy atom. The van der Waals surface area contributed by atoms with Gasteiger partial charge in [-0.3, -0.25) is 0 Å². The monoisotopic (exact) mass is 312 g/mol. The summed E-state index contributed by atoms with van der Waals surface area (Å²) in [4.78, 5) is 28.4. The lowest BCUT2D eigenvalue weighted by Gasteiger charge is -2.06. The van der Waals surface area contributed by atoms with Gasteiger partial charge in [0.25, 0.3) is 0 Å². The number of imidazole rings is 2. The maximum atomic E-state index is 10.8. The zero-order valence-electron chi connectivity index (χ0n) is 11.2. The molecule has 0 amide bonds. The maximum Gasteiger partial charge on any atom is 0.342 e. The molecule has 0 saturated carbocycles. The smallest absolute Gasteiger partial charge is 0.342 e. The van der Waals surface area contributed by atoms with Crippen LogP contribution in [0.3, 0.4) is 0 Å². The van der Waals surface area contributed by atoms with E-state index >= 15 is 0 Å². The van der Waals surface area contributed by atoms with Crippen LogP contribution >= 0.6 is 12.6 Å². The predicted molar refractivity (Wildman–Crippen MR) is 75.2 cm³/mol. The molecule has 1 atom stereocenters. The van der Waals surface area contributed by atoms with Crippen molar-refractivity contribution >= 4 is 24.3 Å². The van der Waals surface area contributed by atoms with E-state index in [-0.39, 0.29) is 18.1 Å². The van der Waals surface area contributed by atoms with Crippen molar-refractivity contribution in [2.75, 3.05) is 0 Å². The van der Waals surface area contributed by atoms with E-state index in [4.69, 9.17) is 0 Å². The molecule has 11 heteroatoms. The molecule has 112 valence electrons. The summed E-state index contributed by atoms with van der Waals surface area (Å²) in [7, 11) is 3.05. The highest BCUT2D eigenvalue weighted by Gasteiger charge is 2.26. The van der Waals surface area contributed by atoms with Gasteiger partial charge in [-0.15, -0.1) is 0 Å². The average molecular weight is 312 g/mol. The molecule has 0 aliphatic heterocycles. The van der Waals surface area contributed by atoms with Crippen molar-refractivity contribution in [3.05, 3.63) is 44.3 Å². The van der Waals surface area contributed by atoms with Gasteiger partial charge >= 0.3 is 11.6 Å². The lowest BCUT2D eigenvalue weighted by Crippen LogP contribution is -2.09. The molecule has 2 rings (SSSR count). The Morgan fingerprint density at radius 3 is 2.14 bits per heavy atom. The molecule has 0 aliphatic rings. The SMILES string of the molecule is Cn1c([N+](=O)[O-])cnc1CC(S)c1ncc([N+](=O)[O-])n1C. The summed E-state index contributed by atoms with van der Waals surface area (Å²) in [5, 5.41) is 21.1. The minimum absolute atomic E-state index is 0.128. The summed E-state index contributed by atoms with van der Waals surface area (Å²) in [5.41, 5.74) is 0. The quantitative estimate of drug-likeness (QED) is 0.502. The van der Waals surface area contributed by atoms with E-state index in [1.54, 1.807) is 0 Å². The van der Waals surface area contributed by atoms with E-state index in [0.29, 0.717) is 11.6 Å². The molecule has 1 unspecified atom stereocenters. The largest absolute Gasteiger partial charge is 0.358 e. The van der Waals surface area contributed by atoms with Crippen LogP contribution in [0.15, 0.2) is 12.4 Å². The molecule has 0 radical (unpaired) electrons. The topological polar surface area (TPSA) is 122 Å². The fourth-order valence-corrected chi connectivity index (χ4v) is 2.36. The van der Waals surface area contributed by atoms with E-state index in [1.807, 2.05) is 0 Å². The summed E-state index contributed by atoms with van der Waals surface area (Å²) in [6.07, 6.45) is 2.57. The van der Waals surface area contributed by atoms with Gasteiger partial charge in [0.15, 0.2) is 5.82 Å². The lowest BCUT2D eigenvalue weighted by atomic mass is 10.2. The van der Waals surface area contributed by atoms with Crippen molar-refractivity contribution in [1.29, 1.82) is 0 Å². The first-order chi connectivity index (χ1) is 9.82. The Hall–Kier alpha value is -2.43. The van der Waals surface area contributed by atoms with Crippen LogP contribution in [0.2, 0.25) is 0 Å². The first-order valence-electron chi connectivity index (χ1n) is 5.82. The third-order valence-corrected chi connectivity index (χ3v) is 3.52. The summed E-state index contributed by atoms with van der Waals surface area (Å²) in [6.45, 7) is 0. The predicted octanol–water partition coefficient (Wildman–Crippen LogP) is 1.18. The third kappa shape index (κ3) is 2.72. The van der Waals surface area contributed by atoms with Crippen molar-refractivity contribution in [3.8, 4) is 0 Å². The number of aromatic nitrogens is 4. The van der Waals surface area contributed by atoms with Gasteiger partial charge in [-0.1, -0.05) is 0 Å². The summed E-state index contributed by atoms with van der Waals surface area (Å²) < 4.78 is 2.68. The Kier molecular flexibility index (Phi) is 3.93. The molecule has 0 aliphatic carbocycles. The highest BCUT2D eigenvalue weighted by molar-refractivity contribution is 7.80. The third-order valence-electron chi connectivity index (χ3n) is 3.11. The molecule has 2 heterocycles. The molecule has 21 heavy (non-hydrogen) atoms. The number of rotatable bonds is 5. The van der Waals surface area contributed by atoms with E-state index in [9.17, 15) is 20.2 Å². The van der Waals surface area contributed by atoms with Crippen LogP contribution in [-0.4, -0.2) is 28.9 Å². The van der Waals surface area contributed by atoms with Gasteiger partial charge in [-0.2, -0.15) is 12.6 Å². The second-order valence-corrected chi connectivity index (χ2v) is 4.98. The average Bonchev–Trinajstić information content (AvgIpc) is 2.94. The molecule has 0 spiro atoms. The first-order valence-corrected chi connectivity index (χ1v) is 6.33. The zero-order chi connectivity index (χ0) is 15.7. The van der Waals surface area contributed by atoms with Gasteiger partial charge in [-0.05, 0) is 9.85 Å². The minimum Gasteiger partial charge on any atom is -0.358 e. The second-order valence-electron chi connectivity index (χ2n) is 4.36. The molecule has 2 aromatic rings. The molecule has 0 fully saturated rings. The zero-order valence-corrected chi connectivity index (χ0v) is 12.1. The highest BCUT2D eigenvalue weighted by Crippen LogP contribution is 2.26. The Bertz CT molecular complexity index is 708. The van der Waals surface area contributed by atoms with Gasteiger partial charge in [0.1, 0.15) is 12.4 Å². The lowest BCUT2D eigenvalue weighted by molar-refractivity contribution is -0.392. The summed E-state index contributed by atoms with van der Waals surface area (Å²) >= 11 is 4.36.